The lowest BCUT2D eigenvalue weighted by Crippen LogP contribution is -2.03. The van der Waals surface area contributed by atoms with Crippen molar-refractivity contribution < 1.29 is 0 Å². The van der Waals surface area contributed by atoms with E-state index in [1.54, 1.807) is 0 Å². The molecule has 0 saturated carbocycles. The van der Waals surface area contributed by atoms with Crippen molar-refractivity contribution >= 4 is 11.0 Å². The predicted molar refractivity (Wildman–Crippen MR) is 89.8 cm³/mol. The molecule has 0 bridgehead atoms. The normalized spacial score (nSPS) is 12.3. The molecule has 0 amide bonds. The molecular formula is C16H22N6. The first-order chi connectivity index (χ1) is 10.7. The Kier molecular flexibility index (Phi) is 5.19. The lowest BCUT2D eigenvalue weighted by molar-refractivity contribution is 0.478. The van der Waals surface area contributed by atoms with Crippen LogP contribution in [0.1, 0.15) is 26.3 Å². The summed E-state index contributed by atoms with van der Waals surface area (Å²) in [6.07, 6.45) is 11.4. The summed E-state index contributed by atoms with van der Waals surface area (Å²) in [5.74, 6) is 0. The molecule has 0 aliphatic carbocycles. The molecule has 5 N–H and O–H groups in total. The number of aromatic amines is 1. The fourth-order valence-electron chi connectivity index (χ4n) is 2.12. The largest absolute Gasteiger partial charge is 0.403 e. The Hall–Kier alpha value is -2.76. The number of nitrogens with two attached hydrogens (primary N) is 2. The molecule has 3 rings (SSSR count). The lowest BCUT2D eigenvalue weighted by Gasteiger charge is -2.07. The van der Waals surface area contributed by atoms with Gasteiger partial charge < -0.3 is 16.5 Å². The summed E-state index contributed by atoms with van der Waals surface area (Å²) in [7, 11) is 0. The van der Waals surface area contributed by atoms with Gasteiger partial charge in [-0.3, -0.25) is 4.68 Å². The number of fused-ring (bicyclic) bond motifs is 1. The summed E-state index contributed by atoms with van der Waals surface area (Å²) < 4.78 is 2.02. The Bertz CT molecular complexity index is 736. The zero-order chi connectivity index (χ0) is 15.9. The quantitative estimate of drug-likeness (QED) is 0.692. The minimum atomic E-state index is 0.433. The molecule has 116 valence electrons. The minimum Gasteiger partial charge on any atom is -0.403 e. The molecule has 3 aromatic rings. The molecule has 6 heteroatoms. The van der Waals surface area contributed by atoms with Gasteiger partial charge in [0.1, 0.15) is 5.65 Å². The van der Waals surface area contributed by atoms with Gasteiger partial charge in [0.2, 0.25) is 0 Å². The number of aromatic nitrogens is 4. The molecule has 6 nitrogen and oxygen atoms in total. The predicted octanol–water partition coefficient (Wildman–Crippen LogP) is 2.77. The molecule has 22 heavy (non-hydrogen) atoms. The average Bonchev–Trinajstić information content (AvgIpc) is 3.22. The Morgan fingerprint density at radius 1 is 1.32 bits per heavy atom. The van der Waals surface area contributed by atoms with Gasteiger partial charge in [-0.1, -0.05) is 6.92 Å². The Labute approximate surface area is 129 Å². The summed E-state index contributed by atoms with van der Waals surface area (Å²) in [5.41, 5.74) is 12.7. The maximum absolute atomic E-state index is 4.72. The number of nitrogens with zero attached hydrogens (tertiary/aromatic N) is 3. The highest BCUT2D eigenvalue weighted by Crippen LogP contribution is 2.27. The molecule has 0 aliphatic rings. The van der Waals surface area contributed by atoms with Crippen molar-refractivity contribution in [2.75, 3.05) is 0 Å². The summed E-state index contributed by atoms with van der Waals surface area (Å²) in [5, 5.41) is 5.58. The molecule has 0 aromatic carbocycles. The van der Waals surface area contributed by atoms with E-state index in [-0.39, 0.29) is 0 Å². The third-order valence-corrected chi connectivity index (χ3v) is 3.53. The van der Waals surface area contributed by atoms with Crippen LogP contribution in [0.3, 0.4) is 0 Å². The van der Waals surface area contributed by atoms with Gasteiger partial charge in [-0.05, 0) is 31.0 Å². The highest BCUT2D eigenvalue weighted by Gasteiger charge is 2.09. The molecular weight excluding hydrogens is 276 g/mol. The molecule has 0 radical (unpaired) electrons. The van der Waals surface area contributed by atoms with Crippen molar-refractivity contribution in [3.63, 3.8) is 0 Å². The maximum Gasteiger partial charge on any atom is 0.137 e. The van der Waals surface area contributed by atoms with Gasteiger partial charge in [-0.25, -0.2) is 4.98 Å². The fourth-order valence-corrected chi connectivity index (χ4v) is 2.12. The van der Waals surface area contributed by atoms with Crippen LogP contribution in [-0.4, -0.2) is 19.7 Å². The third-order valence-electron chi connectivity index (χ3n) is 3.53. The van der Waals surface area contributed by atoms with Gasteiger partial charge in [-0.2, -0.15) is 5.10 Å². The molecule has 1 atom stereocenters. The Morgan fingerprint density at radius 2 is 2.09 bits per heavy atom. The average molecular weight is 298 g/mol. The van der Waals surface area contributed by atoms with Crippen molar-refractivity contribution in [2.24, 2.45) is 11.5 Å². The first-order valence-corrected chi connectivity index (χ1v) is 7.26. The van der Waals surface area contributed by atoms with E-state index >= 15 is 0 Å². The first-order valence-electron chi connectivity index (χ1n) is 7.26. The fraction of sp³-hybridized carbons (Fsp3) is 0.250. The summed E-state index contributed by atoms with van der Waals surface area (Å²) in [6, 6.07) is 4.52. The van der Waals surface area contributed by atoms with Crippen molar-refractivity contribution in [3.8, 4) is 11.1 Å². The van der Waals surface area contributed by atoms with E-state index in [1.165, 1.54) is 18.0 Å². The van der Waals surface area contributed by atoms with Gasteiger partial charge in [0.05, 0.1) is 6.20 Å². The van der Waals surface area contributed by atoms with E-state index in [1.807, 2.05) is 29.3 Å². The summed E-state index contributed by atoms with van der Waals surface area (Å²) >= 11 is 0. The smallest absolute Gasteiger partial charge is 0.137 e. The molecule has 0 fully saturated rings. The van der Waals surface area contributed by atoms with E-state index in [4.69, 9.17) is 11.5 Å². The van der Waals surface area contributed by atoms with Crippen molar-refractivity contribution in [1.29, 1.82) is 0 Å². The molecule has 3 aromatic heterocycles. The molecule has 0 aliphatic heterocycles. The second-order valence-corrected chi connectivity index (χ2v) is 4.95. The van der Waals surface area contributed by atoms with E-state index < -0.39 is 0 Å². The van der Waals surface area contributed by atoms with Crippen molar-refractivity contribution in [2.45, 2.75) is 26.3 Å². The number of hydrogen-bond acceptors (Lipinski definition) is 4. The standard InChI is InChI=1S/C14H16N4.C2H6N2/c1-3-10(2)18-9-11(8-17-18)12-4-6-15-14-13(12)5-7-16-14;3-1-2-4/h4-10H,3H2,1-2H3,(H,15,16);1-2H,3-4H2/b;2-1-. The van der Waals surface area contributed by atoms with Gasteiger partial charge in [0.15, 0.2) is 0 Å². The van der Waals surface area contributed by atoms with Gasteiger partial charge in [0, 0.05) is 48.0 Å². The van der Waals surface area contributed by atoms with Crippen molar-refractivity contribution in [3.05, 3.63) is 49.3 Å². The number of pyridine rings is 1. The van der Waals surface area contributed by atoms with Gasteiger partial charge in [-0.15, -0.1) is 0 Å². The third kappa shape index (κ3) is 3.28. The van der Waals surface area contributed by atoms with E-state index in [9.17, 15) is 0 Å². The Morgan fingerprint density at radius 3 is 2.77 bits per heavy atom. The van der Waals surface area contributed by atoms with Crippen LogP contribution in [-0.2, 0) is 0 Å². The molecule has 0 saturated heterocycles. The molecule has 0 spiro atoms. The lowest BCUT2D eigenvalue weighted by atomic mass is 10.1. The maximum atomic E-state index is 4.72. The van der Waals surface area contributed by atoms with Crippen LogP contribution < -0.4 is 11.5 Å². The van der Waals surface area contributed by atoms with Crippen LogP contribution in [0.4, 0.5) is 0 Å². The van der Waals surface area contributed by atoms with Crippen LogP contribution in [0.25, 0.3) is 22.2 Å². The van der Waals surface area contributed by atoms with Gasteiger partial charge >= 0.3 is 0 Å². The number of H-pyrrole nitrogens is 1. The SMILES string of the molecule is CCC(C)n1cc(-c2ccnc3[nH]ccc23)cn1.N/C=C\N. The van der Waals surface area contributed by atoms with E-state index in [0.717, 1.165) is 23.0 Å². The highest BCUT2D eigenvalue weighted by atomic mass is 15.3. The van der Waals surface area contributed by atoms with Crippen LogP contribution in [0.15, 0.2) is 49.3 Å². The van der Waals surface area contributed by atoms with Crippen molar-refractivity contribution in [1.82, 2.24) is 19.7 Å². The summed E-state index contributed by atoms with van der Waals surface area (Å²) in [4.78, 5) is 7.43. The van der Waals surface area contributed by atoms with Crippen LogP contribution in [0.2, 0.25) is 0 Å². The second-order valence-electron chi connectivity index (χ2n) is 4.95. The monoisotopic (exact) mass is 298 g/mol. The summed E-state index contributed by atoms with van der Waals surface area (Å²) in [6.45, 7) is 4.35. The van der Waals surface area contributed by atoms with Crippen LogP contribution in [0.5, 0.6) is 0 Å². The van der Waals surface area contributed by atoms with E-state index in [0.29, 0.717) is 6.04 Å². The number of hydrogen-bond donors (Lipinski definition) is 3. The number of rotatable bonds is 3. The second kappa shape index (κ2) is 7.31. The minimum absolute atomic E-state index is 0.433. The first kappa shape index (κ1) is 15.6. The molecule has 3 heterocycles. The van der Waals surface area contributed by atoms with Crippen LogP contribution in [0, 0.1) is 0 Å². The number of nitrogens with one attached hydrogen (secondary N) is 1. The van der Waals surface area contributed by atoms with E-state index in [2.05, 4.69) is 41.2 Å². The zero-order valence-electron chi connectivity index (χ0n) is 12.9. The topological polar surface area (TPSA) is 98.5 Å². The molecule has 1 unspecified atom stereocenters. The highest BCUT2D eigenvalue weighted by molar-refractivity contribution is 5.92. The Balaban J connectivity index is 0.000000396. The van der Waals surface area contributed by atoms with Gasteiger partial charge in [0.25, 0.3) is 0 Å². The van der Waals surface area contributed by atoms with Crippen LogP contribution >= 0.6 is 0 Å². The zero-order valence-corrected chi connectivity index (χ0v) is 12.9.